The van der Waals surface area contributed by atoms with Crippen molar-refractivity contribution in [3.8, 4) is 0 Å². The van der Waals surface area contributed by atoms with Crippen LogP contribution in [0.1, 0.15) is 24.9 Å². The first-order chi connectivity index (χ1) is 13.4. The molecule has 0 spiro atoms. The Bertz CT molecular complexity index is 888. The van der Waals surface area contributed by atoms with Gasteiger partial charge < -0.3 is 15.4 Å². The van der Waals surface area contributed by atoms with Crippen LogP contribution in [0.5, 0.6) is 0 Å². The predicted molar refractivity (Wildman–Crippen MR) is 108 cm³/mol. The van der Waals surface area contributed by atoms with Crippen LogP contribution in [0.25, 0.3) is 0 Å². The molecule has 2 atom stereocenters. The van der Waals surface area contributed by atoms with Crippen LogP contribution >= 0.6 is 23.4 Å². The van der Waals surface area contributed by atoms with E-state index in [-0.39, 0.29) is 18.4 Å². The molecule has 28 heavy (non-hydrogen) atoms. The number of carbonyl (C=O) groups is 3. The minimum absolute atomic E-state index is 0.106. The Kier molecular flexibility index (Phi) is 6.59. The van der Waals surface area contributed by atoms with Gasteiger partial charge >= 0.3 is 5.97 Å². The Morgan fingerprint density at radius 3 is 2.68 bits per heavy atom. The summed E-state index contributed by atoms with van der Waals surface area (Å²) in [6, 6.07) is 14.2. The van der Waals surface area contributed by atoms with Gasteiger partial charge in [-0.3, -0.25) is 14.4 Å². The molecular weight excluding hydrogens is 400 g/mol. The molecule has 1 aliphatic rings. The van der Waals surface area contributed by atoms with Crippen molar-refractivity contribution in [2.75, 3.05) is 11.9 Å². The number of hydrogen-bond donors (Lipinski definition) is 2. The van der Waals surface area contributed by atoms with Crippen LogP contribution < -0.4 is 10.6 Å². The van der Waals surface area contributed by atoms with E-state index in [2.05, 4.69) is 10.6 Å². The molecule has 0 radical (unpaired) electrons. The molecule has 0 fully saturated rings. The Hall–Kier alpha value is -2.51. The Balaban J connectivity index is 1.45. The highest BCUT2D eigenvalue weighted by atomic mass is 35.5. The molecule has 3 rings (SSSR count). The van der Waals surface area contributed by atoms with Gasteiger partial charge in [-0.05, 0) is 36.8 Å². The van der Waals surface area contributed by atoms with Crippen molar-refractivity contribution in [1.29, 1.82) is 0 Å². The number of anilines is 1. The summed E-state index contributed by atoms with van der Waals surface area (Å²) in [6.45, 7) is 1.43. The number of hydrogen-bond acceptors (Lipinski definition) is 5. The molecule has 0 unspecified atom stereocenters. The van der Waals surface area contributed by atoms with Gasteiger partial charge in [0, 0.05) is 9.92 Å². The third-order valence-corrected chi connectivity index (χ3v) is 5.70. The monoisotopic (exact) mass is 418 g/mol. The van der Waals surface area contributed by atoms with Crippen LogP contribution in [0.3, 0.4) is 0 Å². The standard InChI is InChI=1S/C20H19ClN2O4S/c1-12(13-6-8-14(21)9-7-13)22-18(24)11-27-19(25)10-17-20(26)23-15-4-2-3-5-16(15)28-17/h2-9,12,17H,10-11H2,1H3,(H,22,24)(H,23,26)/t12-,17-/m0/s1. The number of benzene rings is 2. The number of nitrogens with one attached hydrogen (secondary N) is 2. The maximum absolute atomic E-state index is 12.1. The maximum atomic E-state index is 12.1. The van der Waals surface area contributed by atoms with E-state index in [1.54, 1.807) is 18.2 Å². The molecule has 6 nitrogen and oxygen atoms in total. The largest absolute Gasteiger partial charge is 0.456 e. The molecular formula is C20H19ClN2O4S. The summed E-state index contributed by atoms with van der Waals surface area (Å²) in [5.74, 6) is -1.26. The van der Waals surface area contributed by atoms with E-state index in [1.807, 2.05) is 37.3 Å². The molecule has 0 aromatic heterocycles. The van der Waals surface area contributed by atoms with Gasteiger partial charge in [0.05, 0.1) is 23.4 Å². The van der Waals surface area contributed by atoms with Gasteiger partial charge in [0.2, 0.25) is 5.91 Å². The minimum Gasteiger partial charge on any atom is -0.456 e. The summed E-state index contributed by atoms with van der Waals surface area (Å²) in [4.78, 5) is 37.1. The fraction of sp³-hybridized carbons (Fsp3) is 0.250. The van der Waals surface area contributed by atoms with Crippen molar-refractivity contribution < 1.29 is 19.1 Å². The van der Waals surface area contributed by atoms with E-state index >= 15 is 0 Å². The number of para-hydroxylation sites is 1. The Morgan fingerprint density at radius 2 is 1.93 bits per heavy atom. The summed E-state index contributed by atoms with van der Waals surface area (Å²) < 4.78 is 5.03. The van der Waals surface area contributed by atoms with E-state index < -0.39 is 23.7 Å². The molecule has 2 amide bonds. The lowest BCUT2D eigenvalue weighted by Gasteiger charge is -2.23. The third-order valence-electron chi connectivity index (χ3n) is 4.17. The van der Waals surface area contributed by atoms with Gasteiger partial charge in [0.15, 0.2) is 6.61 Å². The van der Waals surface area contributed by atoms with E-state index in [0.717, 1.165) is 16.1 Å². The first-order valence-corrected chi connectivity index (χ1v) is 9.95. The Labute approximate surface area is 172 Å². The molecule has 1 aliphatic heterocycles. The van der Waals surface area contributed by atoms with Gasteiger partial charge in [0.25, 0.3) is 5.91 Å². The van der Waals surface area contributed by atoms with Crippen molar-refractivity contribution in [3.05, 3.63) is 59.1 Å². The molecule has 146 valence electrons. The second-order valence-electron chi connectivity index (χ2n) is 6.30. The van der Waals surface area contributed by atoms with Crippen molar-refractivity contribution in [3.63, 3.8) is 0 Å². The number of halogens is 1. The normalized spacial score (nSPS) is 16.5. The number of amides is 2. The lowest BCUT2D eigenvalue weighted by Crippen LogP contribution is -2.34. The van der Waals surface area contributed by atoms with Crippen molar-refractivity contribution >= 4 is 46.8 Å². The molecule has 0 aliphatic carbocycles. The zero-order valence-corrected chi connectivity index (χ0v) is 16.7. The van der Waals surface area contributed by atoms with Crippen LogP contribution in [0.4, 0.5) is 5.69 Å². The van der Waals surface area contributed by atoms with Gasteiger partial charge in [-0.25, -0.2) is 0 Å². The summed E-state index contributed by atoms with van der Waals surface area (Å²) >= 11 is 7.16. The number of carbonyl (C=O) groups excluding carboxylic acids is 3. The number of ether oxygens (including phenoxy) is 1. The summed E-state index contributed by atoms with van der Waals surface area (Å²) in [5.41, 5.74) is 1.62. The molecule has 8 heteroatoms. The molecule has 0 bridgehead atoms. The highest BCUT2D eigenvalue weighted by Crippen LogP contribution is 2.36. The molecule has 0 saturated heterocycles. The SMILES string of the molecule is C[C@H](NC(=O)COC(=O)C[C@@H]1Sc2ccccc2NC1=O)c1ccc(Cl)cc1. The zero-order chi connectivity index (χ0) is 20.1. The van der Waals surface area contributed by atoms with E-state index in [9.17, 15) is 14.4 Å². The average molecular weight is 419 g/mol. The smallest absolute Gasteiger partial charge is 0.307 e. The van der Waals surface area contributed by atoms with Crippen LogP contribution in [0, 0.1) is 0 Å². The summed E-state index contributed by atoms with van der Waals surface area (Å²) in [5, 5.41) is 5.55. The van der Waals surface area contributed by atoms with Crippen molar-refractivity contribution in [1.82, 2.24) is 5.32 Å². The van der Waals surface area contributed by atoms with E-state index in [0.29, 0.717) is 5.02 Å². The highest BCUT2D eigenvalue weighted by molar-refractivity contribution is 8.01. The van der Waals surface area contributed by atoms with E-state index in [1.165, 1.54) is 11.8 Å². The molecule has 2 aromatic rings. The molecule has 1 heterocycles. The van der Waals surface area contributed by atoms with Crippen molar-refractivity contribution in [2.45, 2.75) is 29.5 Å². The highest BCUT2D eigenvalue weighted by Gasteiger charge is 2.29. The van der Waals surface area contributed by atoms with Crippen LogP contribution in [0.15, 0.2) is 53.4 Å². The number of thioether (sulfide) groups is 1. The predicted octanol–water partition coefficient (Wildman–Crippen LogP) is 3.56. The lowest BCUT2D eigenvalue weighted by atomic mass is 10.1. The first kappa shape index (κ1) is 20.2. The molecule has 0 saturated carbocycles. The lowest BCUT2D eigenvalue weighted by molar-refractivity contribution is -0.149. The summed E-state index contributed by atoms with van der Waals surface area (Å²) in [7, 11) is 0. The fourth-order valence-electron chi connectivity index (χ4n) is 2.70. The topological polar surface area (TPSA) is 84.5 Å². The number of rotatable bonds is 6. The van der Waals surface area contributed by atoms with Crippen molar-refractivity contribution in [2.24, 2.45) is 0 Å². The number of esters is 1. The zero-order valence-electron chi connectivity index (χ0n) is 15.1. The Morgan fingerprint density at radius 1 is 1.21 bits per heavy atom. The van der Waals surface area contributed by atoms with Gasteiger partial charge in [0.1, 0.15) is 0 Å². The second-order valence-corrected chi connectivity index (χ2v) is 7.98. The fourth-order valence-corrected chi connectivity index (χ4v) is 3.92. The second kappa shape index (κ2) is 9.12. The van der Waals surface area contributed by atoms with E-state index in [4.69, 9.17) is 16.3 Å². The third kappa shape index (κ3) is 5.27. The average Bonchev–Trinajstić information content (AvgIpc) is 2.67. The maximum Gasteiger partial charge on any atom is 0.307 e. The van der Waals surface area contributed by atoms with Crippen LogP contribution in [0.2, 0.25) is 5.02 Å². The van der Waals surface area contributed by atoms with Gasteiger partial charge in [-0.2, -0.15) is 0 Å². The minimum atomic E-state index is -0.596. The van der Waals surface area contributed by atoms with Crippen LogP contribution in [-0.4, -0.2) is 29.6 Å². The molecule has 2 aromatic carbocycles. The number of fused-ring (bicyclic) bond motifs is 1. The quantitative estimate of drug-likeness (QED) is 0.700. The van der Waals surface area contributed by atoms with Crippen LogP contribution in [-0.2, 0) is 19.1 Å². The first-order valence-electron chi connectivity index (χ1n) is 8.69. The van der Waals surface area contributed by atoms with Gasteiger partial charge in [-0.15, -0.1) is 11.8 Å². The summed E-state index contributed by atoms with van der Waals surface area (Å²) in [6.07, 6.45) is -0.106. The van der Waals surface area contributed by atoms with Gasteiger partial charge in [-0.1, -0.05) is 35.9 Å². The molecule has 2 N–H and O–H groups in total.